The van der Waals surface area contributed by atoms with Crippen LogP contribution in [0, 0.1) is 0 Å². The molecule has 1 N–H and O–H groups in total. The fourth-order valence-corrected chi connectivity index (χ4v) is 2.38. The number of hydrogen-bond acceptors (Lipinski definition) is 5. The van der Waals surface area contributed by atoms with Crippen molar-refractivity contribution in [1.29, 1.82) is 0 Å². The van der Waals surface area contributed by atoms with E-state index in [-0.39, 0.29) is 12.3 Å². The SMILES string of the molecule is CCOc1cc2c(cc1Cl)N(C(=O)OC(C)(C)C)CC(C(=O)O)O2. The summed E-state index contributed by atoms with van der Waals surface area (Å²) in [5.74, 6) is -0.623. The molecule has 2 rings (SSSR count). The Morgan fingerprint density at radius 2 is 2.08 bits per heavy atom. The Labute approximate surface area is 145 Å². The molecule has 24 heavy (non-hydrogen) atoms. The lowest BCUT2D eigenvalue weighted by Gasteiger charge is -2.34. The number of fused-ring (bicyclic) bond motifs is 1. The van der Waals surface area contributed by atoms with Crippen LogP contribution in [0.1, 0.15) is 27.7 Å². The molecule has 1 aliphatic heterocycles. The van der Waals surface area contributed by atoms with Gasteiger partial charge < -0.3 is 19.3 Å². The summed E-state index contributed by atoms with van der Waals surface area (Å²) < 4.78 is 16.2. The Balaban J connectivity index is 2.44. The first-order valence-corrected chi connectivity index (χ1v) is 7.86. The Morgan fingerprint density at radius 3 is 2.62 bits per heavy atom. The standard InChI is InChI=1S/C16H20ClNO6/c1-5-22-11-7-12-10(6-9(11)17)18(8-13(23-12)14(19)20)15(21)24-16(2,3)4/h6-7,13H,5,8H2,1-4H3,(H,19,20). The van der Waals surface area contributed by atoms with Gasteiger partial charge in [-0.2, -0.15) is 0 Å². The highest BCUT2D eigenvalue weighted by atomic mass is 35.5. The highest BCUT2D eigenvalue weighted by Gasteiger charge is 2.36. The second-order valence-corrected chi connectivity index (χ2v) is 6.63. The quantitative estimate of drug-likeness (QED) is 0.893. The molecule has 8 heteroatoms. The van der Waals surface area contributed by atoms with E-state index in [0.717, 1.165) is 0 Å². The average Bonchev–Trinajstić information content (AvgIpc) is 2.45. The topological polar surface area (TPSA) is 85.3 Å². The van der Waals surface area contributed by atoms with Gasteiger partial charge in [0.05, 0.1) is 23.9 Å². The molecule has 1 atom stereocenters. The molecule has 0 saturated heterocycles. The molecular formula is C16H20ClNO6. The normalized spacial score (nSPS) is 16.9. The molecule has 0 fully saturated rings. The molecule has 0 radical (unpaired) electrons. The molecular weight excluding hydrogens is 338 g/mol. The summed E-state index contributed by atoms with van der Waals surface area (Å²) >= 11 is 6.17. The van der Waals surface area contributed by atoms with E-state index in [1.54, 1.807) is 27.7 Å². The number of carboxylic acid groups (broad SMARTS) is 1. The number of hydrogen-bond donors (Lipinski definition) is 1. The first-order valence-electron chi connectivity index (χ1n) is 7.48. The molecule has 0 aliphatic carbocycles. The van der Waals surface area contributed by atoms with Gasteiger partial charge in [-0.05, 0) is 33.8 Å². The second-order valence-electron chi connectivity index (χ2n) is 6.22. The number of anilines is 1. The largest absolute Gasteiger partial charge is 0.492 e. The van der Waals surface area contributed by atoms with Crippen molar-refractivity contribution in [2.24, 2.45) is 0 Å². The molecule has 1 aliphatic rings. The van der Waals surface area contributed by atoms with Crippen LogP contribution in [0.2, 0.25) is 5.02 Å². The van der Waals surface area contributed by atoms with Crippen LogP contribution in [0.3, 0.4) is 0 Å². The van der Waals surface area contributed by atoms with Gasteiger partial charge in [0, 0.05) is 6.07 Å². The summed E-state index contributed by atoms with van der Waals surface area (Å²) in [5, 5.41) is 9.56. The Hall–Kier alpha value is -2.15. The van der Waals surface area contributed by atoms with Crippen molar-refractivity contribution < 1.29 is 28.9 Å². The van der Waals surface area contributed by atoms with Crippen LogP contribution >= 0.6 is 11.6 Å². The monoisotopic (exact) mass is 357 g/mol. The van der Waals surface area contributed by atoms with Crippen molar-refractivity contribution in [3.63, 3.8) is 0 Å². The second kappa shape index (κ2) is 6.76. The zero-order valence-electron chi connectivity index (χ0n) is 14.0. The van der Waals surface area contributed by atoms with Crippen molar-refractivity contribution in [3.05, 3.63) is 17.2 Å². The van der Waals surface area contributed by atoms with Gasteiger partial charge in [0.25, 0.3) is 0 Å². The number of amides is 1. The minimum atomic E-state index is -1.21. The predicted molar refractivity (Wildman–Crippen MR) is 88.3 cm³/mol. The van der Waals surface area contributed by atoms with Crippen LogP contribution in [0.25, 0.3) is 0 Å². The van der Waals surface area contributed by atoms with E-state index in [4.69, 9.17) is 25.8 Å². The summed E-state index contributed by atoms with van der Waals surface area (Å²) in [5.41, 5.74) is -0.376. The molecule has 1 aromatic rings. The first-order chi connectivity index (χ1) is 11.1. The maximum absolute atomic E-state index is 12.4. The van der Waals surface area contributed by atoms with Gasteiger partial charge in [-0.25, -0.2) is 9.59 Å². The Kier molecular flexibility index (Phi) is 5.13. The molecule has 0 saturated carbocycles. The van der Waals surface area contributed by atoms with Crippen LogP contribution in [0.15, 0.2) is 12.1 Å². The number of carbonyl (C=O) groups excluding carboxylic acids is 1. The number of carbonyl (C=O) groups is 2. The maximum atomic E-state index is 12.4. The number of aliphatic carboxylic acids is 1. The molecule has 1 aromatic carbocycles. The zero-order chi connectivity index (χ0) is 18.1. The fraction of sp³-hybridized carbons (Fsp3) is 0.500. The molecule has 0 bridgehead atoms. The minimum Gasteiger partial charge on any atom is -0.492 e. The van der Waals surface area contributed by atoms with Gasteiger partial charge in [-0.15, -0.1) is 0 Å². The van der Waals surface area contributed by atoms with E-state index in [0.29, 0.717) is 23.1 Å². The van der Waals surface area contributed by atoms with Gasteiger partial charge in [0.1, 0.15) is 17.1 Å². The van der Waals surface area contributed by atoms with Crippen molar-refractivity contribution in [2.75, 3.05) is 18.1 Å². The summed E-state index contributed by atoms with van der Waals surface area (Å²) in [7, 11) is 0. The van der Waals surface area contributed by atoms with E-state index in [1.165, 1.54) is 17.0 Å². The molecule has 7 nitrogen and oxygen atoms in total. The number of rotatable bonds is 3. The van der Waals surface area contributed by atoms with E-state index >= 15 is 0 Å². The Morgan fingerprint density at radius 1 is 1.42 bits per heavy atom. The lowest BCUT2D eigenvalue weighted by Crippen LogP contribution is -2.48. The molecule has 0 spiro atoms. The molecule has 0 aromatic heterocycles. The molecule has 1 amide bonds. The van der Waals surface area contributed by atoms with E-state index in [9.17, 15) is 14.7 Å². The highest BCUT2D eigenvalue weighted by Crippen LogP contribution is 2.41. The van der Waals surface area contributed by atoms with Crippen molar-refractivity contribution in [3.8, 4) is 11.5 Å². The van der Waals surface area contributed by atoms with Crippen LogP contribution < -0.4 is 14.4 Å². The van der Waals surface area contributed by atoms with Gasteiger partial charge >= 0.3 is 12.1 Å². The number of halogens is 1. The third-order valence-corrected chi connectivity index (χ3v) is 3.41. The first kappa shape index (κ1) is 18.2. The van der Waals surface area contributed by atoms with Crippen molar-refractivity contribution in [2.45, 2.75) is 39.4 Å². The summed E-state index contributed by atoms with van der Waals surface area (Å²) in [6.45, 7) is 7.19. The van der Waals surface area contributed by atoms with Crippen molar-refractivity contribution in [1.82, 2.24) is 0 Å². The number of carboxylic acids is 1. The summed E-state index contributed by atoms with van der Waals surface area (Å²) in [4.78, 5) is 25.0. The number of benzene rings is 1. The summed E-state index contributed by atoms with van der Waals surface area (Å²) in [6, 6.07) is 2.98. The van der Waals surface area contributed by atoms with Crippen LogP contribution in [0.4, 0.5) is 10.5 Å². The van der Waals surface area contributed by atoms with E-state index in [2.05, 4.69) is 0 Å². The molecule has 1 heterocycles. The van der Waals surface area contributed by atoms with Gasteiger partial charge in [-0.1, -0.05) is 11.6 Å². The smallest absolute Gasteiger partial charge is 0.415 e. The van der Waals surface area contributed by atoms with Gasteiger partial charge in [0.15, 0.2) is 0 Å². The zero-order valence-corrected chi connectivity index (χ0v) is 14.7. The lowest BCUT2D eigenvalue weighted by molar-refractivity contribution is -0.144. The van der Waals surface area contributed by atoms with Crippen LogP contribution in [0.5, 0.6) is 11.5 Å². The van der Waals surface area contributed by atoms with Crippen LogP contribution in [-0.2, 0) is 9.53 Å². The molecule has 1 unspecified atom stereocenters. The van der Waals surface area contributed by atoms with E-state index < -0.39 is 23.8 Å². The molecule has 132 valence electrons. The average molecular weight is 358 g/mol. The third kappa shape index (κ3) is 4.03. The maximum Gasteiger partial charge on any atom is 0.415 e. The van der Waals surface area contributed by atoms with Gasteiger partial charge in [0.2, 0.25) is 6.10 Å². The Bertz CT molecular complexity index is 655. The summed E-state index contributed by atoms with van der Waals surface area (Å²) in [6.07, 6.45) is -1.88. The van der Waals surface area contributed by atoms with E-state index in [1.807, 2.05) is 0 Å². The van der Waals surface area contributed by atoms with Crippen LogP contribution in [-0.4, -0.2) is 42.0 Å². The number of nitrogens with zero attached hydrogens (tertiary/aromatic N) is 1. The predicted octanol–water partition coefficient (Wildman–Crippen LogP) is 3.33. The minimum absolute atomic E-state index is 0.179. The highest BCUT2D eigenvalue weighted by molar-refractivity contribution is 6.32. The lowest BCUT2D eigenvalue weighted by atomic mass is 10.1. The van der Waals surface area contributed by atoms with Gasteiger partial charge in [-0.3, -0.25) is 4.90 Å². The number of ether oxygens (including phenoxy) is 3. The van der Waals surface area contributed by atoms with Crippen molar-refractivity contribution >= 4 is 29.4 Å². The fourth-order valence-electron chi connectivity index (χ4n) is 2.17. The third-order valence-electron chi connectivity index (χ3n) is 3.11.